The predicted molar refractivity (Wildman–Crippen MR) is 45.0 cm³/mol. The third-order valence-corrected chi connectivity index (χ3v) is 3.01. The number of ketones is 1. The molecule has 0 radical (unpaired) electrons. The van der Waals surface area contributed by atoms with Gasteiger partial charge in [-0.2, -0.15) is 0 Å². The van der Waals surface area contributed by atoms with E-state index in [1.807, 2.05) is 0 Å². The van der Waals surface area contributed by atoms with Gasteiger partial charge in [-0.15, -0.1) is 0 Å². The van der Waals surface area contributed by atoms with E-state index in [0.717, 1.165) is 25.9 Å². The molecule has 2 aliphatic heterocycles. The van der Waals surface area contributed by atoms with Gasteiger partial charge in [0, 0.05) is 19.5 Å². The Labute approximate surface area is 72.7 Å². The minimum Gasteiger partial charge on any atom is -0.367 e. The first-order valence-electron chi connectivity index (χ1n) is 4.59. The Bertz CT molecular complexity index is 195. The largest absolute Gasteiger partial charge is 0.367 e. The zero-order valence-electron chi connectivity index (χ0n) is 7.51. The highest BCUT2D eigenvalue weighted by atomic mass is 16.5. The number of piperidine rings is 1. The van der Waals surface area contributed by atoms with Crippen LogP contribution in [0.25, 0.3) is 0 Å². The summed E-state index contributed by atoms with van der Waals surface area (Å²) in [4.78, 5) is 13.8. The van der Waals surface area contributed by atoms with Gasteiger partial charge < -0.3 is 9.64 Å². The molecule has 3 heteroatoms. The Morgan fingerprint density at radius 1 is 1.42 bits per heavy atom. The van der Waals surface area contributed by atoms with Crippen LogP contribution in [0.15, 0.2) is 0 Å². The number of hydrogen-bond donors (Lipinski definition) is 0. The van der Waals surface area contributed by atoms with Crippen molar-refractivity contribution in [1.29, 1.82) is 0 Å². The smallest absolute Gasteiger partial charge is 0.167 e. The second-order valence-corrected chi connectivity index (χ2v) is 3.82. The number of carbonyl (C=O) groups is 1. The monoisotopic (exact) mass is 169 g/mol. The van der Waals surface area contributed by atoms with E-state index in [-0.39, 0.29) is 5.60 Å². The van der Waals surface area contributed by atoms with Crippen LogP contribution in [0, 0.1) is 0 Å². The van der Waals surface area contributed by atoms with Crippen LogP contribution in [-0.4, -0.2) is 43.0 Å². The Morgan fingerprint density at radius 2 is 2.08 bits per heavy atom. The van der Waals surface area contributed by atoms with Gasteiger partial charge in [0.2, 0.25) is 0 Å². The van der Waals surface area contributed by atoms with Gasteiger partial charge in [-0.3, -0.25) is 4.79 Å². The van der Waals surface area contributed by atoms with Gasteiger partial charge in [0.15, 0.2) is 5.78 Å². The van der Waals surface area contributed by atoms with Crippen LogP contribution in [0.2, 0.25) is 0 Å². The highest BCUT2D eigenvalue weighted by molar-refractivity contribution is 5.89. The molecular weight excluding hydrogens is 154 g/mol. The Balaban J connectivity index is 2.07. The highest BCUT2D eigenvalue weighted by Gasteiger charge is 2.44. The molecule has 2 fully saturated rings. The molecule has 0 unspecified atom stereocenters. The quantitative estimate of drug-likeness (QED) is 0.527. The van der Waals surface area contributed by atoms with E-state index >= 15 is 0 Å². The van der Waals surface area contributed by atoms with Crippen molar-refractivity contribution in [2.75, 3.05) is 26.7 Å². The Hall–Kier alpha value is -0.410. The molecule has 2 heterocycles. The number of carbonyl (C=O) groups excluding carboxylic acids is 1. The summed E-state index contributed by atoms with van der Waals surface area (Å²) in [5.74, 6) is 0.329. The summed E-state index contributed by atoms with van der Waals surface area (Å²) >= 11 is 0. The number of rotatable bonds is 0. The van der Waals surface area contributed by atoms with Crippen molar-refractivity contribution >= 4 is 5.78 Å². The van der Waals surface area contributed by atoms with Crippen molar-refractivity contribution in [1.82, 2.24) is 4.90 Å². The topological polar surface area (TPSA) is 29.5 Å². The van der Waals surface area contributed by atoms with E-state index in [2.05, 4.69) is 11.9 Å². The summed E-state index contributed by atoms with van der Waals surface area (Å²) in [5, 5.41) is 0. The Kier molecular flexibility index (Phi) is 1.93. The lowest BCUT2D eigenvalue weighted by atomic mass is 9.88. The lowest BCUT2D eigenvalue weighted by Crippen LogP contribution is -2.46. The van der Waals surface area contributed by atoms with Crippen LogP contribution >= 0.6 is 0 Å². The normalized spacial score (nSPS) is 29.9. The van der Waals surface area contributed by atoms with E-state index in [1.165, 1.54) is 0 Å². The zero-order chi connectivity index (χ0) is 8.60. The number of nitrogens with zero attached hydrogens (tertiary/aromatic N) is 1. The minimum absolute atomic E-state index is 0.329. The number of ether oxygens (including phenoxy) is 1. The highest BCUT2D eigenvalue weighted by Crippen LogP contribution is 2.32. The second kappa shape index (κ2) is 2.82. The third kappa shape index (κ3) is 1.17. The van der Waals surface area contributed by atoms with Crippen molar-refractivity contribution in [3.8, 4) is 0 Å². The van der Waals surface area contributed by atoms with E-state index in [0.29, 0.717) is 18.8 Å². The van der Waals surface area contributed by atoms with Crippen LogP contribution in [0.4, 0.5) is 0 Å². The molecule has 3 nitrogen and oxygen atoms in total. The van der Waals surface area contributed by atoms with Crippen molar-refractivity contribution in [3.05, 3.63) is 0 Å². The summed E-state index contributed by atoms with van der Waals surface area (Å²) in [5.41, 5.74) is -0.369. The summed E-state index contributed by atoms with van der Waals surface area (Å²) < 4.78 is 5.57. The molecule has 0 aromatic heterocycles. The molecule has 0 saturated carbocycles. The molecule has 68 valence electrons. The SMILES string of the molecule is CN1CCC2(CC1)OCCC2=O. The molecule has 0 atom stereocenters. The fraction of sp³-hybridized carbons (Fsp3) is 0.889. The van der Waals surface area contributed by atoms with Crippen LogP contribution < -0.4 is 0 Å². The lowest BCUT2D eigenvalue weighted by molar-refractivity contribution is -0.136. The van der Waals surface area contributed by atoms with Gasteiger partial charge in [0.05, 0.1) is 6.61 Å². The fourth-order valence-electron chi connectivity index (χ4n) is 2.05. The van der Waals surface area contributed by atoms with Gasteiger partial charge in [-0.1, -0.05) is 0 Å². The van der Waals surface area contributed by atoms with Crippen LogP contribution in [0.5, 0.6) is 0 Å². The molecule has 12 heavy (non-hydrogen) atoms. The van der Waals surface area contributed by atoms with Crippen LogP contribution in [0.1, 0.15) is 19.3 Å². The van der Waals surface area contributed by atoms with E-state index in [9.17, 15) is 4.79 Å². The predicted octanol–water partition coefficient (Wildman–Crippen LogP) is 0.440. The average Bonchev–Trinajstić information content (AvgIpc) is 2.41. The van der Waals surface area contributed by atoms with Crippen LogP contribution in [0.3, 0.4) is 0 Å². The minimum atomic E-state index is -0.369. The van der Waals surface area contributed by atoms with E-state index in [4.69, 9.17) is 4.74 Å². The summed E-state index contributed by atoms with van der Waals surface area (Å²) in [6.45, 7) is 2.63. The number of likely N-dealkylation sites (tertiary alicyclic amines) is 1. The fourth-order valence-corrected chi connectivity index (χ4v) is 2.05. The molecule has 0 aliphatic carbocycles. The molecule has 0 aromatic rings. The van der Waals surface area contributed by atoms with E-state index < -0.39 is 0 Å². The standard InChI is InChI=1S/C9H15NO2/c1-10-5-3-9(4-6-10)8(11)2-7-12-9/h2-7H2,1H3. The lowest BCUT2D eigenvalue weighted by Gasteiger charge is -2.35. The van der Waals surface area contributed by atoms with Gasteiger partial charge >= 0.3 is 0 Å². The first-order chi connectivity index (χ1) is 5.73. The number of Topliss-reactive ketones (excluding diaryl/α,β-unsaturated/α-hetero) is 1. The molecule has 0 bridgehead atoms. The number of hydrogen-bond acceptors (Lipinski definition) is 3. The summed E-state index contributed by atoms with van der Waals surface area (Å²) in [6.07, 6.45) is 2.41. The van der Waals surface area contributed by atoms with E-state index in [1.54, 1.807) is 0 Å². The average molecular weight is 169 g/mol. The van der Waals surface area contributed by atoms with Gasteiger partial charge in [-0.05, 0) is 19.9 Å². The van der Waals surface area contributed by atoms with Crippen LogP contribution in [-0.2, 0) is 9.53 Å². The first kappa shape index (κ1) is 8.20. The maximum absolute atomic E-state index is 11.5. The van der Waals surface area contributed by atoms with Crippen molar-refractivity contribution in [2.45, 2.75) is 24.9 Å². The second-order valence-electron chi connectivity index (χ2n) is 3.82. The molecule has 2 rings (SSSR count). The molecule has 2 aliphatic rings. The first-order valence-corrected chi connectivity index (χ1v) is 4.59. The molecule has 0 N–H and O–H groups in total. The zero-order valence-corrected chi connectivity index (χ0v) is 7.51. The molecule has 0 amide bonds. The van der Waals surface area contributed by atoms with Crippen molar-refractivity contribution in [3.63, 3.8) is 0 Å². The maximum Gasteiger partial charge on any atom is 0.167 e. The van der Waals surface area contributed by atoms with Gasteiger partial charge in [0.25, 0.3) is 0 Å². The molecular formula is C9H15NO2. The van der Waals surface area contributed by atoms with Gasteiger partial charge in [-0.25, -0.2) is 0 Å². The molecule has 1 spiro atoms. The summed E-state index contributed by atoms with van der Waals surface area (Å²) in [6, 6.07) is 0. The van der Waals surface area contributed by atoms with Crippen molar-refractivity contribution in [2.24, 2.45) is 0 Å². The van der Waals surface area contributed by atoms with Gasteiger partial charge in [0.1, 0.15) is 5.60 Å². The Morgan fingerprint density at radius 3 is 2.58 bits per heavy atom. The molecule has 2 saturated heterocycles. The van der Waals surface area contributed by atoms with Crippen molar-refractivity contribution < 1.29 is 9.53 Å². The summed E-state index contributed by atoms with van der Waals surface area (Å²) in [7, 11) is 2.09. The maximum atomic E-state index is 11.5. The molecule has 0 aromatic carbocycles. The third-order valence-electron chi connectivity index (χ3n) is 3.01.